The Balaban J connectivity index is 0. The van der Waals surface area contributed by atoms with Crippen molar-refractivity contribution in [3.63, 3.8) is 0 Å². The maximum atomic E-state index is 0. The monoisotopic (exact) mass is 70.1 g/mol. The molecule has 0 spiro atoms. The molecule has 0 N–H and O–H groups in total. The molecule has 2 heteroatoms. The van der Waals surface area contributed by atoms with E-state index in [9.17, 15) is 0 Å². The van der Waals surface area contributed by atoms with E-state index in [1.807, 2.05) is 0 Å². The molecule has 0 rings (SSSR count). The maximum absolute atomic E-state index is 0. The summed E-state index contributed by atoms with van der Waals surface area (Å²) in [5.41, 5.74) is 0. The van der Waals surface area contributed by atoms with E-state index in [4.69, 9.17) is 0 Å². The molecule has 0 aromatic rings. The van der Waals surface area contributed by atoms with Crippen molar-refractivity contribution in [2.75, 3.05) is 0 Å². The van der Waals surface area contributed by atoms with Crippen molar-refractivity contribution in [2.45, 2.75) is 14.9 Å². The van der Waals surface area contributed by atoms with Crippen molar-refractivity contribution < 1.29 is 9.41 Å². The molecule has 0 bridgehead atoms. The average molecular weight is 70.1 g/mol. The second-order valence-corrected chi connectivity index (χ2v) is 0. The van der Waals surface area contributed by atoms with Crippen LogP contribution in [0.4, 0.5) is 0 Å². The lowest BCUT2D eigenvalue weighted by molar-refractivity contribution is -0.00100. The van der Waals surface area contributed by atoms with Crippen LogP contribution in [0.3, 0.4) is 0 Å². The second kappa shape index (κ2) is 505. The molecule has 0 saturated heterocycles. The summed E-state index contributed by atoms with van der Waals surface area (Å²) in [4.78, 5) is 0. The summed E-state index contributed by atoms with van der Waals surface area (Å²) in [6.45, 7) is 0. The van der Waals surface area contributed by atoms with Gasteiger partial charge in [0.2, 0.25) is 0 Å². The smallest absolute Gasteiger partial charge is 0.0776 e. The summed E-state index contributed by atoms with van der Waals surface area (Å²) in [5, 5.41) is 0. The van der Waals surface area contributed by atoms with E-state index in [2.05, 4.69) is 0 Å². The minimum Gasteiger partial charge on any atom is -1.00 e. The molecule has 0 unspecified atom stereocenters. The zero-order valence-electron chi connectivity index (χ0n) is 0.756. The quantitative estimate of drug-likeness (QED) is 0.268. The third-order valence-electron chi connectivity index (χ3n) is 0. The fourth-order valence-electron chi connectivity index (χ4n) is 0. The van der Waals surface area contributed by atoms with Crippen LogP contribution in [0, 0.1) is 0 Å². The molecule has 0 radical (unpaired) electrons. The molecule has 0 atom stereocenters. The van der Waals surface area contributed by atoms with Crippen LogP contribution in [0.1, 0.15) is 14.9 Å². The number of rotatable bonds is 0. The third kappa shape index (κ3) is 70.2. The zero-order chi connectivity index (χ0) is 0. The molecule has 0 heterocycles. The Labute approximate surface area is 25.6 Å². The van der Waals surface area contributed by atoms with Gasteiger partial charge in [0.1, 0.15) is 0 Å². The van der Waals surface area contributed by atoms with Crippen molar-refractivity contribution in [3.05, 3.63) is 0 Å². The highest BCUT2D eigenvalue weighted by Crippen LogP contribution is 0.145. The fourth-order valence-corrected chi connectivity index (χ4v) is 0. The van der Waals surface area contributed by atoms with Crippen molar-refractivity contribution in [1.82, 2.24) is 0 Å². The van der Waals surface area contributed by atoms with E-state index in [0.29, 0.717) is 0 Å². The summed E-state index contributed by atoms with van der Waals surface area (Å²) < 4.78 is 0. The predicted octanol–water partition coefficient (Wildman–Crippen LogP) is -4.72. The van der Waals surface area contributed by atoms with E-state index in [1.165, 1.54) is 0 Å². The summed E-state index contributed by atoms with van der Waals surface area (Å²) in [7, 11) is 0. The van der Waals surface area contributed by atoms with E-state index in [1.54, 1.807) is 0 Å². The Kier molecular flexibility index (Phi) is 203000. The standard InChI is InChI=1S/2CH4.2FH/h2*1H4;2*1H/p-2. The summed E-state index contributed by atoms with van der Waals surface area (Å²) in [6.07, 6.45) is 0. The largest absolute Gasteiger partial charge is 1.00 e. The minimum atomic E-state index is 0. The van der Waals surface area contributed by atoms with Gasteiger partial charge in [-0.1, -0.05) is 14.9 Å². The van der Waals surface area contributed by atoms with E-state index in [-0.39, 0.29) is 24.3 Å². The topological polar surface area (TPSA) is 0 Å². The molecular weight excluding hydrogens is 62.0 g/mol. The Morgan fingerprint density at radius 2 is 0.500 bits per heavy atom. The molecule has 0 aliphatic rings. The van der Waals surface area contributed by atoms with Crippen LogP contribution in [0.15, 0.2) is 0 Å². The van der Waals surface area contributed by atoms with Gasteiger partial charge >= 0.3 is 0 Å². The van der Waals surface area contributed by atoms with Crippen LogP contribution in [-0.4, -0.2) is 0 Å². The van der Waals surface area contributed by atoms with Gasteiger partial charge in [0.15, 0.2) is 0 Å². The van der Waals surface area contributed by atoms with Gasteiger partial charge in [-0.25, -0.2) is 0 Å². The molecule has 0 fully saturated rings. The van der Waals surface area contributed by atoms with Crippen molar-refractivity contribution in [3.8, 4) is 0 Å². The highest BCUT2D eigenvalue weighted by Gasteiger charge is -0.0766. The zero-order valence-corrected chi connectivity index (χ0v) is 0.756. The van der Waals surface area contributed by atoms with Crippen molar-refractivity contribution in [2.24, 2.45) is 0 Å². The molecule has 4 heavy (non-hydrogen) atoms. The fraction of sp³-hybridized carbons (Fsp3) is 1.00. The van der Waals surface area contributed by atoms with Gasteiger partial charge in [-0.2, -0.15) is 0 Å². The molecule has 0 aromatic heterocycles. The molecule has 0 amide bonds. The van der Waals surface area contributed by atoms with Crippen LogP contribution in [0.25, 0.3) is 0 Å². The lowest BCUT2D eigenvalue weighted by Gasteiger charge is -1.00. The second-order valence-electron chi connectivity index (χ2n) is 0. The lowest BCUT2D eigenvalue weighted by Crippen LogP contribution is -3.00. The first-order chi connectivity index (χ1) is 0. The Morgan fingerprint density at radius 1 is 0.500 bits per heavy atom. The average Bonchev–Trinajstić information content (AvgIpc) is 0. The summed E-state index contributed by atoms with van der Waals surface area (Å²) in [6, 6.07) is 0. The van der Waals surface area contributed by atoms with Crippen LogP contribution in [-0.2, 0) is 0 Å². The summed E-state index contributed by atoms with van der Waals surface area (Å²) >= 11 is 0. The van der Waals surface area contributed by atoms with Crippen molar-refractivity contribution in [1.29, 1.82) is 0 Å². The maximum Gasteiger partial charge on any atom is -0.0776 e. The van der Waals surface area contributed by atoms with Gasteiger partial charge in [0.25, 0.3) is 0 Å². The SMILES string of the molecule is C.C.[F-].[F-]. The van der Waals surface area contributed by atoms with Crippen LogP contribution >= 0.6 is 0 Å². The highest BCUT2D eigenvalue weighted by atomic mass is 19.0. The molecule has 0 aliphatic carbocycles. The first kappa shape index (κ1) is 1610. The van der Waals surface area contributed by atoms with Gasteiger partial charge in [-0.15, -0.1) is 0 Å². The van der Waals surface area contributed by atoms with Gasteiger partial charge in [-0.05, 0) is 0 Å². The minimum absolute atomic E-state index is 0. The lowest BCUT2D eigenvalue weighted by atomic mass is 12.0. The molecule has 32 valence electrons. The van der Waals surface area contributed by atoms with E-state index in [0.717, 1.165) is 0 Å². The van der Waals surface area contributed by atoms with Gasteiger partial charge in [0.05, 0.1) is 0 Å². The van der Waals surface area contributed by atoms with E-state index >= 15 is 0 Å². The number of halogens is 2. The van der Waals surface area contributed by atoms with E-state index < -0.39 is 0 Å². The highest BCUT2D eigenvalue weighted by molar-refractivity contribution is 2.50. The number of hydrogen-bond acceptors (Lipinski definition) is 0. The Hall–Kier alpha value is -0.140. The summed E-state index contributed by atoms with van der Waals surface area (Å²) in [5.74, 6) is 0. The number of hydrogen-bond donors (Lipinski definition) is 0. The molecule has 0 aromatic carbocycles. The molecule has 0 saturated carbocycles. The van der Waals surface area contributed by atoms with Gasteiger partial charge in [0, 0.05) is 0 Å². The normalized spacial score (nSPS) is 0. The Bertz CT molecular complexity index is 4.00. The van der Waals surface area contributed by atoms with Crippen LogP contribution in [0.2, 0.25) is 0 Å². The predicted molar refractivity (Wildman–Crippen MR) is 13.5 cm³/mol. The van der Waals surface area contributed by atoms with Crippen molar-refractivity contribution >= 4 is 0 Å². The van der Waals surface area contributed by atoms with Gasteiger partial charge in [-0.3, -0.25) is 0 Å². The first-order valence-corrected chi connectivity index (χ1v) is 0. The molecule has 0 nitrogen and oxygen atoms in total. The third-order valence-corrected chi connectivity index (χ3v) is 0. The van der Waals surface area contributed by atoms with Gasteiger partial charge < -0.3 is 9.41 Å². The first-order valence-electron chi connectivity index (χ1n) is 0. The molecular formula is C2H8F2-2. The van der Waals surface area contributed by atoms with Crippen LogP contribution < -0.4 is 9.41 Å². The Morgan fingerprint density at radius 3 is 0.500 bits per heavy atom. The molecule has 0 aliphatic heterocycles. The van der Waals surface area contributed by atoms with Crippen LogP contribution in [0.5, 0.6) is 0 Å².